The van der Waals surface area contributed by atoms with Gasteiger partial charge in [-0.05, 0) is 30.7 Å². The number of carbonyl (C=O) groups is 1. The van der Waals surface area contributed by atoms with Gasteiger partial charge in [0, 0.05) is 23.7 Å². The van der Waals surface area contributed by atoms with E-state index in [2.05, 4.69) is 27.0 Å². The molecule has 1 amide bonds. The number of nitrogens with one attached hydrogen (secondary N) is 1. The number of thiophene rings is 1. The number of hydrogen-bond acceptors (Lipinski definition) is 7. The molecule has 3 rings (SSSR count). The average molecular weight is 356 g/mol. The van der Waals surface area contributed by atoms with Crippen molar-refractivity contribution in [3.63, 3.8) is 0 Å². The molecule has 5 nitrogen and oxygen atoms in total. The third-order valence-corrected chi connectivity index (χ3v) is 6.37. The number of ether oxygens (including phenoxy) is 1. The Morgan fingerprint density at radius 1 is 1.50 bits per heavy atom. The van der Waals surface area contributed by atoms with Crippen molar-refractivity contribution in [3.05, 3.63) is 22.4 Å². The lowest BCUT2D eigenvalue weighted by atomic mass is 10.1. The van der Waals surface area contributed by atoms with Crippen molar-refractivity contribution in [2.45, 2.75) is 41.9 Å². The highest BCUT2D eigenvalue weighted by Crippen LogP contribution is 2.29. The molecule has 0 bridgehead atoms. The van der Waals surface area contributed by atoms with Crippen LogP contribution in [0.3, 0.4) is 0 Å². The van der Waals surface area contributed by atoms with E-state index in [1.807, 2.05) is 6.07 Å². The largest absolute Gasteiger partial charge is 0.378 e. The molecule has 0 spiro atoms. The van der Waals surface area contributed by atoms with Gasteiger partial charge in [0.15, 0.2) is 4.34 Å². The number of thioether (sulfide) groups is 1. The summed E-state index contributed by atoms with van der Waals surface area (Å²) in [5.41, 5.74) is 0. The quantitative estimate of drug-likeness (QED) is 0.605. The molecule has 8 heteroatoms. The summed E-state index contributed by atoms with van der Waals surface area (Å²) < 4.78 is 6.39. The van der Waals surface area contributed by atoms with Crippen molar-refractivity contribution in [2.75, 3.05) is 11.9 Å². The van der Waals surface area contributed by atoms with Gasteiger partial charge in [-0.15, -0.1) is 21.5 Å². The highest BCUT2D eigenvalue weighted by molar-refractivity contribution is 8.00. The van der Waals surface area contributed by atoms with Crippen LogP contribution in [0.1, 0.15) is 30.6 Å². The van der Waals surface area contributed by atoms with Gasteiger partial charge in [0.25, 0.3) is 0 Å². The van der Waals surface area contributed by atoms with E-state index >= 15 is 0 Å². The lowest BCUT2D eigenvalue weighted by Crippen LogP contribution is -2.15. The van der Waals surface area contributed by atoms with E-state index in [1.54, 1.807) is 23.1 Å². The van der Waals surface area contributed by atoms with Gasteiger partial charge in [0.1, 0.15) is 0 Å². The first-order chi connectivity index (χ1) is 10.8. The maximum absolute atomic E-state index is 11.9. The summed E-state index contributed by atoms with van der Waals surface area (Å²) >= 11 is 4.80. The zero-order chi connectivity index (χ0) is 15.2. The lowest BCUT2D eigenvalue weighted by molar-refractivity contribution is -0.116. The Hall–Kier alpha value is -0.960. The summed E-state index contributed by atoms with van der Waals surface area (Å²) in [5, 5.41) is 13.6. The fourth-order valence-corrected chi connectivity index (χ4v) is 4.73. The van der Waals surface area contributed by atoms with Crippen LogP contribution in [-0.2, 0) is 15.3 Å². The van der Waals surface area contributed by atoms with Gasteiger partial charge >= 0.3 is 0 Å². The molecule has 1 unspecified atom stereocenters. The average Bonchev–Trinajstić information content (AvgIpc) is 3.25. The molecule has 3 heterocycles. The van der Waals surface area contributed by atoms with Crippen LogP contribution >= 0.6 is 34.4 Å². The molecule has 1 N–H and O–H groups in total. The Balaban J connectivity index is 1.41. The van der Waals surface area contributed by atoms with Gasteiger partial charge in [-0.1, -0.05) is 29.2 Å². The molecule has 1 saturated heterocycles. The summed E-state index contributed by atoms with van der Waals surface area (Å²) in [6.07, 6.45) is 3.67. The fraction of sp³-hybridized carbons (Fsp3) is 0.500. The van der Waals surface area contributed by atoms with Gasteiger partial charge in [0.05, 0.1) is 6.10 Å². The van der Waals surface area contributed by atoms with E-state index in [0.29, 0.717) is 11.6 Å². The van der Waals surface area contributed by atoms with Gasteiger partial charge < -0.3 is 10.1 Å². The Morgan fingerprint density at radius 2 is 2.45 bits per heavy atom. The third kappa shape index (κ3) is 4.77. The minimum atomic E-state index is -0.0125. The normalized spacial score (nSPS) is 17.7. The predicted octanol–water partition coefficient (Wildman–Crippen LogP) is 3.79. The standard InChI is InChI=1S/C14H17N3O2S3/c18-12(6-5-10-3-1-7-19-10)15-13-16-17-14(22-13)21-9-11-4-2-8-20-11/h2,4,8,10H,1,3,5-7,9H2,(H,15,16,18). The summed E-state index contributed by atoms with van der Waals surface area (Å²) in [5.74, 6) is 0.876. The Kier molecular flexibility index (Phi) is 5.82. The first-order valence-corrected chi connectivity index (χ1v) is 9.88. The van der Waals surface area contributed by atoms with Crippen molar-refractivity contribution < 1.29 is 9.53 Å². The molecule has 0 radical (unpaired) electrons. The molecule has 0 aliphatic carbocycles. The Bertz CT molecular complexity index is 594. The molecule has 22 heavy (non-hydrogen) atoms. The van der Waals surface area contributed by atoms with Crippen LogP contribution in [0.15, 0.2) is 21.9 Å². The molecule has 1 fully saturated rings. The number of amides is 1. The van der Waals surface area contributed by atoms with Gasteiger partial charge in [0.2, 0.25) is 11.0 Å². The molecule has 0 saturated carbocycles. The molecular weight excluding hydrogens is 338 g/mol. The smallest absolute Gasteiger partial charge is 0.226 e. The maximum Gasteiger partial charge on any atom is 0.226 e. The second-order valence-corrected chi connectivity index (χ2v) is 8.20. The number of nitrogens with zero attached hydrogens (tertiary/aromatic N) is 2. The minimum absolute atomic E-state index is 0.0125. The molecule has 2 aromatic heterocycles. The fourth-order valence-electron chi connectivity index (χ4n) is 2.19. The predicted molar refractivity (Wildman–Crippen MR) is 90.6 cm³/mol. The van der Waals surface area contributed by atoms with E-state index in [1.165, 1.54) is 16.2 Å². The second-order valence-electron chi connectivity index (χ2n) is 4.96. The second kappa shape index (κ2) is 8.05. The number of aromatic nitrogens is 2. The lowest BCUT2D eigenvalue weighted by Gasteiger charge is -2.07. The maximum atomic E-state index is 11.9. The molecule has 1 atom stereocenters. The van der Waals surface area contributed by atoms with Crippen LogP contribution in [0.25, 0.3) is 0 Å². The van der Waals surface area contributed by atoms with E-state index in [-0.39, 0.29) is 12.0 Å². The van der Waals surface area contributed by atoms with Crippen LogP contribution in [-0.4, -0.2) is 28.8 Å². The zero-order valence-electron chi connectivity index (χ0n) is 12.0. The van der Waals surface area contributed by atoms with Crippen molar-refractivity contribution in [3.8, 4) is 0 Å². The van der Waals surface area contributed by atoms with Crippen molar-refractivity contribution >= 4 is 45.5 Å². The first kappa shape index (κ1) is 15.9. The van der Waals surface area contributed by atoms with Crippen LogP contribution in [0.4, 0.5) is 5.13 Å². The summed E-state index contributed by atoms with van der Waals surface area (Å²) in [6, 6.07) is 4.15. The van der Waals surface area contributed by atoms with E-state index in [4.69, 9.17) is 4.74 Å². The molecule has 118 valence electrons. The number of carbonyl (C=O) groups excluding carboxylic acids is 1. The topological polar surface area (TPSA) is 64.1 Å². The van der Waals surface area contributed by atoms with Crippen molar-refractivity contribution in [1.29, 1.82) is 0 Å². The summed E-state index contributed by atoms with van der Waals surface area (Å²) in [6.45, 7) is 0.827. The molecule has 1 aliphatic rings. The zero-order valence-corrected chi connectivity index (χ0v) is 14.4. The van der Waals surface area contributed by atoms with Crippen LogP contribution in [0.2, 0.25) is 0 Å². The van der Waals surface area contributed by atoms with Crippen LogP contribution < -0.4 is 5.32 Å². The highest BCUT2D eigenvalue weighted by Gasteiger charge is 2.17. The molecule has 2 aromatic rings. The van der Waals surface area contributed by atoms with Crippen LogP contribution in [0, 0.1) is 0 Å². The first-order valence-electron chi connectivity index (χ1n) is 7.20. The summed E-state index contributed by atoms with van der Waals surface area (Å²) in [7, 11) is 0. The molecule has 1 aliphatic heterocycles. The van der Waals surface area contributed by atoms with Gasteiger partial charge in [-0.3, -0.25) is 4.79 Å². The van der Waals surface area contributed by atoms with E-state index in [9.17, 15) is 4.79 Å². The Labute approximate surface area is 141 Å². The third-order valence-electron chi connectivity index (χ3n) is 3.29. The minimum Gasteiger partial charge on any atom is -0.378 e. The molecular formula is C14H17N3O2S3. The number of anilines is 1. The molecule has 0 aromatic carbocycles. The van der Waals surface area contributed by atoms with Crippen LogP contribution in [0.5, 0.6) is 0 Å². The van der Waals surface area contributed by atoms with Gasteiger partial charge in [-0.2, -0.15) is 0 Å². The summed E-state index contributed by atoms with van der Waals surface area (Å²) in [4.78, 5) is 13.2. The van der Waals surface area contributed by atoms with E-state index < -0.39 is 0 Å². The number of hydrogen-bond donors (Lipinski definition) is 1. The SMILES string of the molecule is O=C(CCC1CCCO1)Nc1nnc(SCc2cccs2)s1. The van der Waals surface area contributed by atoms with Crippen molar-refractivity contribution in [2.24, 2.45) is 0 Å². The van der Waals surface area contributed by atoms with Crippen molar-refractivity contribution in [1.82, 2.24) is 10.2 Å². The van der Waals surface area contributed by atoms with E-state index in [0.717, 1.165) is 36.0 Å². The Morgan fingerprint density at radius 3 is 3.23 bits per heavy atom. The van der Waals surface area contributed by atoms with Gasteiger partial charge in [-0.25, -0.2) is 0 Å². The highest BCUT2D eigenvalue weighted by atomic mass is 32.2. The number of rotatable bonds is 7. The monoisotopic (exact) mass is 355 g/mol.